The van der Waals surface area contributed by atoms with Crippen LogP contribution in [0.1, 0.15) is 38.5 Å². The summed E-state index contributed by atoms with van der Waals surface area (Å²) in [5.74, 6) is 2.07. The molecule has 24 heavy (non-hydrogen) atoms. The van der Waals surface area contributed by atoms with Crippen molar-refractivity contribution in [2.24, 2.45) is 0 Å². The molecule has 3 aliphatic rings. The van der Waals surface area contributed by atoms with Gasteiger partial charge in [0.15, 0.2) is 0 Å². The third-order valence-electron chi connectivity index (χ3n) is 5.43. The van der Waals surface area contributed by atoms with Crippen LogP contribution >= 0.6 is 0 Å². The van der Waals surface area contributed by atoms with Crippen LogP contribution < -0.4 is 9.80 Å². The smallest absolute Gasteiger partial charge is 0.134 e. The zero-order valence-electron chi connectivity index (χ0n) is 14.4. The summed E-state index contributed by atoms with van der Waals surface area (Å²) in [4.78, 5) is 13.6. The van der Waals surface area contributed by atoms with Crippen LogP contribution in [0.25, 0.3) is 0 Å². The minimum absolute atomic E-state index is 0.435. The van der Waals surface area contributed by atoms with Crippen molar-refractivity contribution >= 4 is 11.6 Å². The molecule has 0 radical (unpaired) electrons. The molecular weight excluding hydrogens is 304 g/mol. The van der Waals surface area contributed by atoms with E-state index in [4.69, 9.17) is 9.47 Å². The molecule has 132 valence electrons. The average molecular weight is 332 g/mol. The fourth-order valence-corrected chi connectivity index (χ4v) is 3.99. The molecule has 1 saturated carbocycles. The van der Waals surface area contributed by atoms with Crippen molar-refractivity contribution < 1.29 is 9.47 Å². The Hall–Kier alpha value is -1.40. The molecule has 3 fully saturated rings. The van der Waals surface area contributed by atoms with Gasteiger partial charge in [-0.25, -0.2) is 9.97 Å². The van der Waals surface area contributed by atoms with Gasteiger partial charge in [0.25, 0.3) is 0 Å². The predicted octanol–water partition coefficient (Wildman–Crippen LogP) is 2.24. The van der Waals surface area contributed by atoms with E-state index < -0.39 is 0 Å². The molecule has 1 aromatic rings. The molecule has 4 rings (SSSR count). The number of morpholine rings is 1. The maximum absolute atomic E-state index is 6.27. The molecule has 6 nitrogen and oxygen atoms in total. The number of piperidine rings is 1. The van der Waals surface area contributed by atoms with Gasteiger partial charge in [-0.2, -0.15) is 0 Å². The standard InChI is InChI=1S/C18H28N4O2/c1-2-4-15(3-1)24-16-5-7-21(8-6-16)17-13-18(20-14-19-17)22-9-11-23-12-10-22/h13-16H,1-12H2. The molecule has 1 aromatic heterocycles. The average Bonchev–Trinajstić information content (AvgIpc) is 3.16. The lowest BCUT2D eigenvalue weighted by Gasteiger charge is -2.34. The Morgan fingerprint density at radius 1 is 0.833 bits per heavy atom. The summed E-state index contributed by atoms with van der Waals surface area (Å²) in [7, 11) is 0. The lowest BCUT2D eigenvalue weighted by Crippen LogP contribution is -2.39. The van der Waals surface area contributed by atoms with Gasteiger partial charge in [-0.05, 0) is 25.7 Å². The lowest BCUT2D eigenvalue weighted by atomic mass is 10.1. The largest absolute Gasteiger partial charge is 0.378 e. The highest BCUT2D eigenvalue weighted by atomic mass is 16.5. The van der Waals surface area contributed by atoms with E-state index in [1.807, 2.05) is 0 Å². The number of rotatable bonds is 4. The fraction of sp³-hybridized carbons (Fsp3) is 0.778. The van der Waals surface area contributed by atoms with Gasteiger partial charge in [0.1, 0.15) is 18.0 Å². The first-order valence-corrected chi connectivity index (χ1v) is 9.43. The number of nitrogens with zero attached hydrogens (tertiary/aromatic N) is 4. The first-order valence-electron chi connectivity index (χ1n) is 9.43. The van der Waals surface area contributed by atoms with Crippen molar-refractivity contribution in [1.82, 2.24) is 9.97 Å². The van der Waals surface area contributed by atoms with E-state index in [2.05, 4.69) is 25.8 Å². The molecule has 6 heteroatoms. The van der Waals surface area contributed by atoms with Gasteiger partial charge in [-0.3, -0.25) is 0 Å². The Labute approximate surface area is 144 Å². The van der Waals surface area contributed by atoms with Gasteiger partial charge in [-0.15, -0.1) is 0 Å². The molecule has 3 heterocycles. The quantitative estimate of drug-likeness (QED) is 0.843. The Morgan fingerprint density at radius 3 is 2.08 bits per heavy atom. The molecular formula is C18H28N4O2. The van der Waals surface area contributed by atoms with Crippen molar-refractivity contribution in [1.29, 1.82) is 0 Å². The summed E-state index contributed by atoms with van der Waals surface area (Å²) in [6.07, 6.45) is 10.1. The molecule has 0 amide bonds. The van der Waals surface area contributed by atoms with Crippen LogP contribution in [0.15, 0.2) is 12.4 Å². The van der Waals surface area contributed by atoms with Gasteiger partial charge in [0, 0.05) is 32.2 Å². The minimum atomic E-state index is 0.435. The Kier molecular flexibility index (Phi) is 5.13. The number of hydrogen-bond donors (Lipinski definition) is 0. The van der Waals surface area contributed by atoms with E-state index in [0.717, 1.165) is 63.9 Å². The summed E-state index contributed by atoms with van der Waals surface area (Å²) < 4.78 is 11.7. The van der Waals surface area contributed by atoms with Gasteiger partial charge in [0.2, 0.25) is 0 Å². The fourth-order valence-electron chi connectivity index (χ4n) is 3.99. The second kappa shape index (κ2) is 7.66. The van der Waals surface area contributed by atoms with E-state index in [1.165, 1.54) is 25.7 Å². The van der Waals surface area contributed by atoms with Crippen molar-refractivity contribution in [3.05, 3.63) is 12.4 Å². The highest BCUT2D eigenvalue weighted by molar-refractivity contribution is 5.50. The molecule has 2 saturated heterocycles. The predicted molar refractivity (Wildman–Crippen MR) is 93.6 cm³/mol. The van der Waals surface area contributed by atoms with Crippen LogP contribution in [-0.2, 0) is 9.47 Å². The van der Waals surface area contributed by atoms with Crippen LogP contribution in [0.2, 0.25) is 0 Å². The maximum Gasteiger partial charge on any atom is 0.134 e. The topological polar surface area (TPSA) is 50.7 Å². The van der Waals surface area contributed by atoms with Gasteiger partial charge in [0.05, 0.1) is 25.4 Å². The monoisotopic (exact) mass is 332 g/mol. The first-order chi connectivity index (χ1) is 11.9. The van der Waals surface area contributed by atoms with E-state index >= 15 is 0 Å². The summed E-state index contributed by atoms with van der Waals surface area (Å²) in [6.45, 7) is 5.43. The summed E-state index contributed by atoms with van der Waals surface area (Å²) in [5.41, 5.74) is 0. The van der Waals surface area contributed by atoms with Gasteiger partial charge in [-0.1, -0.05) is 12.8 Å². The highest BCUT2D eigenvalue weighted by Gasteiger charge is 2.25. The third-order valence-corrected chi connectivity index (χ3v) is 5.43. The highest BCUT2D eigenvalue weighted by Crippen LogP contribution is 2.27. The summed E-state index contributed by atoms with van der Waals surface area (Å²) >= 11 is 0. The zero-order valence-corrected chi connectivity index (χ0v) is 14.4. The van der Waals surface area contributed by atoms with E-state index in [-0.39, 0.29) is 0 Å². The van der Waals surface area contributed by atoms with Crippen molar-refractivity contribution in [3.63, 3.8) is 0 Å². The van der Waals surface area contributed by atoms with Crippen LogP contribution in [0, 0.1) is 0 Å². The van der Waals surface area contributed by atoms with Crippen LogP contribution in [0.5, 0.6) is 0 Å². The minimum Gasteiger partial charge on any atom is -0.378 e. The van der Waals surface area contributed by atoms with Crippen molar-refractivity contribution in [2.75, 3.05) is 49.2 Å². The van der Waals surface area contributed by atoms with Gasteiger partial charge < -0.3 is 19.3 Å². The molecule has 1 aliphatic carbocycles. The summed E-state index contributed by atoms with van der Waals surface area (Å²) in [5, 5.41) is 0. The first kappa shape index (κ1) is 16.1. The second-order valence-corrected chi connectivity index (χ2v) is 7.06. The number of anilines is 2. The number of hydrogen-bond acceptors (Lipinski definition) is 6. The van der Waals surface area contributed by atoms with Crippen molar-refractivity contribution in [3.8, 4) is 0 Å². The van der Waals surface area contributed by atoms with Crippen LogP contribution in [0.4, 0.5) is 11.6 Å². The van der Waals surface area contributed by atoms with E-state index in [0.29, 0.717) is 12.2 Å². The van der Waals surface area contributed by atoms with Gasteiger partial charge >= 0.3 is 0 Å². The number of aromatic nitrogens is 2. The molecule has 2 aliphatic heterocycles. The van der Waals surface area contributed by atoms with Crippen LogP contribution in [0.3, 0.4) is 0 Å². The zero-order chi connectivity index (χ0) is 16.2. The molecule has 0 spiro atoms. The lowest BCUT2D eigenvalue weighted by molar-refractivity contribution is -0.0195. The molecule has 0 unspecified atom stereocenters. The van der Waals surface area contributed by atoms with E-state index in [9.17, 15) is 0 Å². The van der Waals surface area contributed by atoms with Crippen LogP contribution in [-0.4, -0.2) is 61.6 Å². The number of ether oxygens (including phenoxy) is 2. The van der Waals surface area contributed by atoms with Crippen molar-refractivity contribution in [2.45, 2.75) is 50.7 Å². The Balaban J connectivity index is 1.33. The third kappa shape index (κ3) is 3.81. The molecule has 0 aromatic carbocycles. The Bertz CT molecular complexity index is 522. The SMILES string of the molecule is c1nc(N2CCOCC2)cc(N2CCC(OC3CCCC3)CC2)n1. The molecule has 0 N–H and O–H groups in total. The molecule has 0 bridgehead atoms. The second-order valence-electron chi connectivity index (χ2n) is 7.06. The summed E-state index contributed by atoms with van der Waals surface area (Å²) in [6, 6.07) is 2.13. The normalized spacial score (nSPS) is 23.8. The Morgan fingerprint density at radius 2 is 1.42 bits per heavy atom. The van der Waals surface area contributed by atoms with E-state index in [1.54, 1.807) is 6.33 Å². The maximum atomic E-state index is 6.27. The molecule has 0 atom stereocenters.